The van der Waals surface area contributed by atoms with E-state index in [0.29, 0.717) is 0 Å². The van der Waals surface area contributed by atoms with Crippen LogP contribution < -0.4 is 19.6 Å². The van der Waals surface area contributed by atoms with Crippen LogP contribution in [0.5, 0.6) is 0 Å². The number of nitrogens with zero attached hydrogens (tertiary/aromatic N) is 12. The van der Waals surface area contributed by atoms with Gasteiger partial charge in [0.1, 0.15) is 5.82 Å². The van der Waals surface area contributed by atoms with Crippen molar-refractivity contribution in [3.05, 3.63) is 495 Å². The van der Waals surface area contributed by atoms with Crippen molar-refractivity contribution >= 4 is 68.4 Å². The van der Waals surface area contributed by atoms with Crippen LogP contribution in [0.2, 0.25) is 0 Å². The molecule has 36 rings (SSSR count). The number of pyridine rings is 8. The molecule has 0 bridgehead atoms. The topological polar surface area (TPSA) is 116 Å². The SMILES string of the molecule is c1ccc2c(c1)Cc1c-2ccc2c1Cc1ccc3c(c1-2)Cc1ccnc2c1N3c1cccnc1C2.c1ccc2c(c1)Cc1c-2ccc2c1Cc1ccc3c(c1-2)Cc1ccnc2c1N3c1ccncc1C2.c1ccc2c(c1)Cc1c-2ccc2c1Cc1ccc3c(c1-2)Cc1ccnc2c1N3c1cnccc1C2.c1ccc2c(c1)Cc1c-2ccc2c1Cc1ccc3c(c1-2)Cc1ccnc2c1N3c1ncccc1C2. The Morgan fingerprint density at radius 2 is 0.457 bits per heavy atom. The highest BCUT2D eigenvalue weighted by Gasteiger charge is 2.45. The minimum atomic E-state index is 0.797. The quantitative estimate of drug-likeness (QED) is 0.144. The van der Waals surface area contributed by atoms with Gasteiger partial charge in [-0.1, -0.05) is 176 Å². The molecule has 0 spiro atoms. The van der Waals surface area contributed by atoms with Gasteiger partial charge in [-0.3, -0.25) is 39.8 Å². The third-order valence-electron chi connectivity index (χ3n) is 34.0. The highest BCUT2D eigenvalue weighted by molar-refractivity contribution is 6.02. The first-order chi connectivity index (χ1) is 69.4. The second kappa shape index (κ2) is 28.4. The van der Waals surface area contributed by atoms with Crippen molar-refractivity contribution in [1.82, 2.24) is 39.9 Å². The van der Waals surface area contributed by atoms with Gasteiger partial charge in [-0.15, -0.1) is 0 Å². The minimum absolute atomic E-state index is 0.797. The Hall–Kier alpha value is -17.0. The largest absolute Gasteiger partial charge is 0.308 e. The van der Waals surface area contributed by atoms with Crippen LogP contribution in [0.3, 0.4) is 0 Å². The molecule has 0 saturated carbocycles. The fourth-order valence-corrected chi connectivity index (χ4v) is 28.2. The maximum atomic E-state index is 4.85. The molecular weight excluding hydrogens is 1710 g/mol. The molecule has 0 radical (unpaired) electrons. The number of aromatic nitrogens is 8. The zero-order valence-corrected chi connectivity index (χ0v) is 76.7. The third-order valence-corrected chi connectivity index (χ3v) is 34.0. The average molecular weight is 1790 g/mol. The van der Waals surface area contributed by atoms with Gasteiger partial charge >= 0.3 is 0 Å². The molecule has 16 aliphatic rings. The van der Waals surface area contributed by atoms with E-state index in [-0.39, 0.29) is 0 Å². The number of rotatable bonds is 0. The maximum Gasteiger partial charge on any atom is 0.141 e. The van der Waals surface area contributed by atoms with Gasteiger partial charge in [0.05, 0.1) is 97.2 Å². The Bertz CT molecular complexity index is 8100. The molecule has 0 fully saturated rings. The number of fused-ring (bicyclic) bond motifs is 48. The second-order valence-corrected chi connectivity index (χ2v) is 40.7. The molecule has 0 amide bonds. The van der Waals surface area contributed by atoms with E-state index in [9.17, 15) is 0 Å². The molecule has 140 heavy (non-hydrogen) atoms. The summed E-state index contributed by atoms with van der Waals surface area (Å²) >= 11 is 0. The Balaban J connectivity index is 0.0000000829. The van der Waals surface area contributed by atoms with E-state index in [4.69, 9.17) is 29.9 Å². The Labute approximate surface area is 809 Å². The summed E-state index contributed by atoms with van der Waals surface area (Å²) in [5, 5.41) is 0. The molecule has 20 aromatic rings. The van der Waals surface area contributed by atoms with Crippen LogP contribution in [0.25, 0.3) is 89.0 Å². The highest BCUT2D eigenvalue weighted by atomic mass is 15.2. The molecule has 8 aromatic heterocycles. The maximum absolute atomic E-state index is 4.85. The molecule has 0 unspecified atom stereocenters. The fourth-order valence-electron chi connectivity index (χ4n) is 28.2. The molecular formula is C128H84N12. The van der Waals surface area contributed by atoms with E-state index in [1.165, 1.54) is 307 Å². The van der Waals surface area contributed by atoms with Crippen LogP contribution >= 0.6 is 0 Å². The van der Waals surface area contributed by atoms with Crippen molar-refractivity contribution in [3.63, 3.8) is 0 Å². The Morgan fingerprint density at radius 3 is 0.900 bits per heavy atom. The van der Waals surface area contributed by atoms with Crippen LogP contribution in [0.4, 0.5) is 68.4 Å². The van der Waals surface area contributed by atoms with Crippen molar-refractivity contribution in [1.29, 1.82) is 0 Å². The molecule has 0 atom stereocenters. The number of anilines is 12. The van der Waals surface area contributed by atoms with Gasteiger partial charge in [-0.2, -0.15) is 0 Å². The van der Waals surface area contributed by atoms with E-state index < -0.39 is 0 Å². The van der Waals surface area contributed by atoms with E-state index in [1.54, 1.807) is 0 Å². The summed E-state index contributed by atoms with van der Waals surface area (Å²) < 4.78 is 0. The van der Waals surface area contributed by atoms with Gasteiger partial charge in [0.15, 0.2) is 0 Å². The molecule has 0 N–H and O–H groups in total. The van der Waals surface area contributed by atoms with Crippen molar-refractivity contribution in [2.45, 2.75) is 103 Å². The van der Waals surface area contributed by atoms with E-state index in [2.05, 4.69) is 278 Å². The standard InChI is InChI=1S/4C32H21N3/c1-2-6-22-18(4-1)14-25-23(22)8-9-24-26(25)15-19-7-10-29-27(30(19)24)16-20-11-13-33-28-17-21-5-3-12-34-32(21)35(29)31(20)28;1-2-5-21-18(4-1)14-24-22(21)8-9-23-25(24)15-19-7-10-29-26(31(19)23)16-20-11-13-34-28-17-27-30(6-3-12-33-27)35(29)32(20)28;1-2-4-22-18(3-1)13-25-23(22)6-7-24-26(25)14-19-5-8-30-27(31(19)24)15-20-9-12-34-28-16-21-17-33-11-10-29(21)35(30)32(20)28;1-2-4-22-18(3-1)13-25-23(22)6-7-24-26(25)14-20-5-8-29-27(31(20)24)15-21-10-12-34-28-16-19-9-11-33-17-30(19)35(29)32(21)28/h2*1-13H,14-17H2;2*1-12,17H,13-16H2. The predicted octanol–water partition coefficient (Wildman–Crippen LogP) is 27.6. The highest BCUT2D eigenvalue weighted by Crippen LogP contribution is 2.63. The molecule has 16 heterocycles. The molecule has 12 heteroatoms. The molecule has 656 valence electrons. The van der Waals surface area contributed by atoms with E-state index in [1.807, 2.05) is 68.0 Å². The van der Waals surface area contributed by atoms with Gasteiger partial charge in [-0.05, 0) is 358 Å². The van der Waals surface area contributed by atoms with Crippen LogP contribution in [0.15, 0.2) is 317 Å². The van der Waals surface area contributed by atoms with Gasteiger partial charge in [0.2, 0.25) is 0 Å². The summed E-state index contributed by atoms with van der Waals surface area (Å²) in [5.74, 6) is 1.05. The molecule has 12 nitrogen and oxygen atoms in total. The van der Waals surface area contributed by atoms with Crippen molar-refractivity contribution in [3.8, 4) is 89.0 Å². The van der Waals surface area contributed by atoms with Gasteiger partial charge in [0, 0.05) is 118 Å². The second-order valence-electron chi connectivity index (χ2n) is 40.7. The molecule has 12 aromatic carbocycles. The summed E-state index contributed by atoms with van der Waals surface area (Å²) in [6, 6.07) is 95.1. The molecule has 8 aliphatic carbocycles. The van der Waals surface area contributed by atoms with Crippen molar-refractivity contribution in [2.24, 2.45) is 0 Å². The Kier molecular flexibility index (Phi) is 15.4. The van der Waals surface area contributed by atoms with Crippen LogP contribution in [0, 0.1) is 0 Å². The van der Waals surface area contributed by atoms with Crippen LogP contribution in [-0.2, 0) is 103 Å². The first-order valence-corrected chi connectivity index (χ1v) is 49.7. The normalized spacial score (nSPS) is 14.9. The fraction of sp³-hybridized carbons (Fsp3) is 0.125. The smallest absolute Gasteiger partial charge is 0.141 e. The van der Waals surface area contributed by atoms with E-state index in [0.717, 1.165) is 131 Å². The third kappa shape index (κ3) is 10.5. The van der Waals surface area contributed by atoms with Crippen molar-refractivity contribution in [2.75, 3.05) is 19.6 Å². The monoisotopic (exact) mass is 1790 g/mol. The number of benzene rings is 12. The predicted molar refractivity (Wildman–Crippen MR) is 555 cm³/mol. The lowest BCUT2D eigenvalue weighted by Crippen LogP contribution is -2.26. The van der Waals surface area contributed by atoms with Gasteiger partial charge < -0.3 is 14.7 Å². The lowest BCUT2D eigenvalue weighted by atomic mass is 9.85. The van der Waals surface area contributed by atoms with Gasteiger partial charge in [0.25, 0.3) is 0 Å². The first kappa shape index (κ1) is 76.2. The summed E-state index contributed by atoms with van der Waals surface area (Å²) in [5.41, 5.74) is 81.4. The molecule has 8 aliphatic heterocycles. The zero-order valence-electron chi connectivity index (χ0n) is 76.7. The van der Waals surface area contributed by atoms with Crippen LogP contribution in [0.1, 0.15) is 179 Å². The lowest BCUT2D eigenvalue weighted by molar-refractivity contribution is 0.927. The summed E-state index contributed by atoms with van der Waals surface area (Å²) in [7, 11) is 0. The first-order valence-electron chi connectivity index (χ1n) is 49.7. The van der Waals surface area contributed by atoms with Crippen LogP contribution in [-0.4, -0.2) is 39.9 Å². The Morgan fingerprint density at radius 1 is 0.150 bits per heavy atom. The zero-order chi connectivity index (χ0) is 90.7. The summed E-state index contributed by atoms with van der Waals surface area (Å²) in [6.45, 7) is 0. The average Bonchev–Trinajstić information content (AvgIpc) is 1.40. The van der Waals surface area contributed by atoms with Gasteiger partial charge in [-0.25, -0.2) is 4.98 Å². The molecule has 0 saturated heterocycles. The number of hydrogen-bond donors (Lipinski definition) is 0. The van der Waals surface area contributed by atoms with Crippen molar-refractivity contribution < 1.29 is 0 Å². The summed E-state index contributed by atoms with van der Waals surface area (Å²) in [6.07, 6.45) is 35.1. The minimum Gasteiger partial charge on any atom is -0.308 e. The summed E-state index contributed by atoms with van der Waals surface area (Å²) in [4.78, 5) is 47.3. The van der Waals surface area contributed by atoms with E-state index >= 15 is 0 Å². The lowest BCUT2D eigenvalue weighted by Gasteiger charge is -2.39. The number of hydrogen-bond acceptors (Lipinski definition) is 12.